The zero-order valence-electron chi connectivity index (χ0n) is 8.01. The molecule has 1 heterocycles. The molecule has 0 radical (unpaired) electrons. The van der Waals surface area contributed by atoms with Gasteiger partial charge in [0.15, 0.2) is 4.32 Å². The van der Waals surface area contributed by atoms with Crippen LogP contribution in [0.4, 0.5) is 0 Å². The molecule has 2 N–H and O–H groups in total. The summed E-state index contributed by atoms with van der Waals surface area (Å²) in [6.07, 6.45) is 1.72. The van der Waals surface area contributed by atoms with Crippen molar-refractivity contribution in [3.05, 3.63) is 39.8 Å². The molecule has 0 aromatic heterocycles. The van der Waals surface area contributed by atoms with E-state index in [0.29, 0.717) is 14.2 Å². The molecule has 1 aromatic carbocycles. The van der Waals surface area contributed by atoms with Gasteiger partial charge in [0.25, 0.3) is 5.91 Å². The Hall–Kier alpha value is -0.880. The fourth-order valence-electron chi connectivity index (χ4n) is 1.23. The highest BCUT2D eigenvalue weighted by atomic mass is 35.5. The van der Waals surface area contributed by atoms with Gasteiger partial charge in [-0.25, -0.2) is 10.9 Å². The van der Waals surface area contributed by atoms with Gasteiger partial charge in [0.05, 0.1) is 4.91 Å². The van der Waals surface area contributed by atoms with Gasteiger partial charge in [-0.15, -0.1) is 0 Å². The van der Waals surface area contributed by atoms with Gasteiger partial charge < -0.3 is 0 Å². The van der Waals surface area contributed by atoms with Crippen molar-refractivity contribution < 1.29 is 4.79 Å². The molecule has 1 saturated heterocycles. The summed E-state index contributed by atoms with van der Waals surface area (Å²) in [5.74, 6) is 5.17. The molecule has 1 fully saturated rings. The van der Waals surface area contributed by atoms with E-state index in [0.717, 1.165) is 10.6 Å². The number of nitrogens with zero attached hydrogens (tertiary/aromatic N) is 1. The Balaban J connectivity index is 2.33. The number of benzene rings is 1. The van der Waals surface area contributed by atoms with E-state index in [1.807, 2.05) is 12.1 Å². The predicted molar refractivity (Wildman–Crippen MR) is 70.7 cm³/mol. The first kappa shape index (κ1) is 11.6. The standard InChI is InChI=1S/C10H7ClN2OS2/c11-7-3-1-2-6(4-7)5-8-9(14)13(12)10(15)16-8/h1-5H,12H2/b8-5-. The Morgan fingerprint density at radius 2 is 2.25 bits per heavy atom. The van der Waals surface area contributed by atoms with Crippen molar-refractivity contribution in [2.24, 2.45) is 5.84 Å². The lowest BCUT2D eigenvalue weighted by Crippen LogP contribution is -2.34. The summed E-state index contributed by atoms with van der Waals surface area (Å²) in [5.41, 5.74) is 0.849. The number of thioether (sulfide) groups is 1. The first-order valence-corrected chi connectivity index (χ1v) is 5.96. The minimum atomic E-state index is -0.282. The molecular weight excluding hydrogens is 264 g/mol. The molecule has 1 amide bonds. The molecule has 2 rings (SSSR count). The first-order valence-electron chi connectivity index (χ1n) is 4.36. The Morgan fingerprint density at radius 3 is 2.81 bits per heavy atom. The van der Waals surface area contributed by atoms with Gasteiger partial charge in [-0.2, -0.15) is 0 Å². The molecule has 1 aliphatic rings. The third-order valence-electron chi connectivity index (χ3n) is 1.97. The number of amides is 1. The van der Waals surface area contributed by atoms with E-state index in [1.165, 1.54) is 11.8 Å². The number of nitrogens with two attached hydrogens (primary N) is 1. The van der Waals surface area contributed by atoms with E-state index in [9.17, 15) is 4.79 Å². The molecule has 0 saturated carbocycles. The van der Waals surface area contributed by atoms with E-state index in [4.69, 9.17) is 29.7 Å². The Labute approximate surface area is 107 Å². The molecule has 0 atom stereocenters. The fourth-order valence-corrected chi connectivity index (χ4v) is 2.53. The van der Waals surface area contributed by atoms with Gasteiger partial charge >= 0.3 is 0 Å². The van der Waals surface area contributed by atoms with Crippen LogP contribution in [0.15, 0.2) is 29.2 Å². The number of rotatable bonds is 1. The molecule has 1 aromatic rings. The van der Waals surface area contributed by atoms with Crippen LogP contribution in [0.3, 0.4) is 0 Å². The zero-order chi connectivity index (χ0) is 11.7. The highest BCUT2D eigenvalue weighted by Crippen LogP contribution is 2.30. The maximum Gasteiger partial charge on any atom is 0.280 e. The van der Waals surface area contributed by atoms with E-state index in [2.05, 4.69) is 0 Å². The van der Waals surface area contributed by atoms with Gasteiger partial charge in [-0.05, 0) is 23.8 Å². The summed E-state index contributed by atoms with van der Waals surface area (Å²) in [5, 5.41) is 1.59. The first-order chi connectivity index (χ1) is 7.58. The van der Waals surface area contributed by atoms with Crippen molar-refractivity contribution in [1.29, 1.82) is 0 Å². The normalized spacial score (nSPS) is 18.6. The Morgan fingerprint density at radius 1 is 1.50 bits per heavy atom. The molecule has 0 aliphatic carbocycles. The second-order valence-corrected chi connectivity index (χ2v) is 5.22. The third-order valence-corrected chi connectivity index (χ3v) is 3.54. The number of halogens is 1. The molecule has 82 valence electrons. The molecule has 1 aliphatic heterocycles. The number of hydrazine groups is 1. The second kappa shape index (κ2) is 4.55. The van der Waals surface area contributed by atoms with Crippen LogP contribution in [0, 0.1) is 0 Å². The van der Waals surface area contributed by atoms with Crippen molar-refractivity contribution in [2.45, 2.75) is 0 Å². The number of hydrogen-bond donors (Lipinski definition) is 1. The van der Waals surface area contributed by atoms with E-state index in [1.54, 1.807) is 18.2 Å². The van der Waals surface area contributed by atoms with Gasteiger partial charge in [0, 0.05) is 5.02 Å². The minimum Gasteiger partial charge on any atom is -0.267 e. The number of carbonyl (C=O) groups is 1. The SMILES string of the molecule is NN1C(=O)/C(=C/c2cccc(Cl)c2)SC1=S. The van der Waals surface area contributed by atoms with Gasteiger partial charge in [0.2, 0.25) is 0 Å². The van der Waals surface area contributed by atoms with Crippen LogP contribution in [0.5, 0.6) is 0 Å². The van der Waals surface area contributed by atoms with Crippen molar-refractivity contribution in [1.82, 2.24) is 5.01 Å². The monoisotopic (exact) mass is 270 g/mol. The molecule has 16 heavy (non-hydrogen) atoms. The van der Waals surface area contributed by atoms with Crippen LogP contribution in [-0.2, 0) is 4.79 Å². The van der Waals surface area contributed by atoms with Gasteiger partial charge in [-0.1, -0.05) is 47.7 Å². The second-order valence-electron chi connectivity index (χ2n) is 3.11. The summed E-state index contributed by atoms with van der Waals surface area (Å²) >= 11 is 11.9. The molecule has 3 nitrogen and oxygen atoms in total. The predicted octanol–water partition coefficient (Wildman–Crippen LogP) is 2.41. The van der Waals surface area contributed by atoms with Crippen LogP contribution in [-0.4, -0.2) is 15.2 Å². The average Bonchev–Trinajstić information content (AvgIpc) is 2.47. The maximum atomic E-state index is 11.6. The van der Waals surface area contributed by atoms with Crippen LogP contribution >= 0.6 is 35.6 Å². The van der Waals surface area contributed by atoms with Crippen molar-refractivity contribution in [3.8, 4) is 0 Å². The lowest BCUT2D eigenvalue weighted by Gasteiger charge is -2.02. The summed E-state index contributed by atoms with van der Waals surface area (Å²) in [4.78, 5) is 12.1. The molecular formula is C10H7ClN2OS2. The van der Waals surface area contributed by atoms with Gasteiger partial charge in [0.1, 0.15) is 0 Å². The summed E-state index contributed by atoms with van der Waals surface area (Å²) < 4.78 is 0.360. The fraction of sp³-hybridized carbons (Fsp3) is 0. The van der Waals surface area contributed by atoms with Gasteiger partial charge in [-0.3, -0.25) is 4.79 Å². The van der Waals surface area contributed by atoms with Crippen LogP contribution in [0.1, 0.15) is 5.56 Å². The average molecular weight is 271 g/mol. The largest absolute Gasteiger partial charge is 0.280 e. The lowest BCUT2D eigenvalue weighted by atomic mass is 10.2. The Bertz CT molecular complexity index is 501. The molecule has 0 unspecified atom stereocenters. The minimum absolute atomic E-state index is 0.282. The lowest BCUT2D eigenvalue weighted by molar-refractivity contribution is -0.122. The van der Waals surface area contributed by atoms with Crippen molar-refractivity contribution in [2.75, 3.05) is 0 Å². The smallest absolute Gasteiger partial charge is 0.267 e. The van der Waals surface area contributed by atoms with E-state index >= 15 is 0 Å². The zero-order valence-corrected chi connectivity index (χ0v) is 10.4. The van der Waals surface area contributed by atoms with Crippen LogP contribution in [0.2, 0.25) is 5.02 Å². The number of thiocarbonyl (C=S) groups is 1. The topological polar surface area (TPSA) is 46.3 Å². The summed E-state index contributed by atoms with van der Waals surface area (Å²) in [6, 6.07) is 7.21. The van der Waals surface area contributed by atoms with E-state index < -0.39 is 0 Å². The molecule has 0 bridgehead atoms. The number of carbonyl (C=O) groups excluding carboxylic acids is 1. The third kappa shape index (κ3) is 2.27. The van der Waals surface area contributed by atoms with Crippen LogP contribution < -0.4 is 5.84 Å². The van der Waals surface area contributed by atoms with Crippen molar-refractivity contribution >= 4 is 51.9 Å². The highest BCUT2D eigenvalue weighted by molar-refractivity contribution is 8.26. The summed E-state index contributed by atoms with van der Waals surface area (Å²) in [7, 11) is 0. The van der Waals surface area contributed by atoms with Crippen LogP contribution in [0.25, 0.3) is 6.08 Å². The highest BCUT2D eigenvalue weighted by Gasteiger charge is 2.29. The van der Waals surface area contributed by atoms with Crippen molar-refractivity contribution in [3.63, 3.8) is 0 Å². The molecule has 6 heteroatoms. The number of hydrogen-bond acceptors (Lipinski definition) is 4. The maximum absolute atomic E-state index is 11.6. The quantitative estimate of drug-likeness (QED) is 0.368. The summed E-state index contributed by atoms with van der Waals surface area (Å²) in [6.45, 7) is 0. The molecule has 0 spiro atoms. The van der Waals surface area contributed by atoms with E-state index in [-0.39, 0.29) is 5.91 Å². The Kier molecular flexibility index (Phi) is 3.30.